The molecule has 0 atom stereocenters. The lowest BCUT2D eigenvalue weighted by atomic mass is 9.77. The fourth-order valence-electron chi connectivity index (χ4n) is 14.1. The predicted octanol–water partition coefficient (Wildman–Crippen LogP) is 25.1. The fraction of sp³-hybridized carbons (Fsp3) is 0.0108. The smallest absolute Gasteiger partial charge is 0.452 e. The van der Waals surface area contributed by atoms with Crippen molar-refractivity contribution in [2.75, 3.05) is 0 Å². The van der Waals surface area contributed by atoms with Crippen LogP contribution in [0.1, 0.15) is 7.43 Å². The van der Waals surface area contributed by atoms with E-state index in [4.69, 9.17) is 30.4 Å². The van der Waals surface area contributed by atoms with Crippen LogP contribution in [0.5, 0.6) is 0 Å². The maximum Gasteiger partial charge on any atom is 0.488 e. The zero-order chi connectivity index (χ0) is 69.6. The van der Waals surface area contributed by atoms with Crippen LogP contribution >= 0.6 is 34.3 Å². The monoisotopic (exact) mass is 1410 g/mol. The van der Waals surface area contributed by atoms with Crippen molar-refractivity contribution in [1.29, 1.82) is 0 Å². The Morgan fingerprint density at radius 2 is 0.638 bits per heavy atom. The van der Waals surface area contributed by atoms with Crippen LogP contribution in [0.2, 0.25) is 5.02 Å². The van der Waals surface area contributed by atoms with Crippen LogP contribution in [-0.4, -0.2) is 37.1 Å². The number of thiophene rings is 2. The van der Waals surface area contributed by atoms with Crippen molar-refractivity contribution in [1.82, 2.24) is 19.9 Å². The summed E-state index contributed by atoms with van der Waals surface area (Å²) in [7, 11) is -1.48. The summed E-state index contributed by atoms with van der Waals surface area (Å²) in [5, 5.41) is 26.7. The summed E-state index contributed by atoms with van der Waals surface area (Å²) in [4.78, 5) is 18.6. The normalized spacial score (nSPS) is 11.3. The summed E-state index contributed by atoms with van der Waals surface area (Å²) >= 11 is 9.89. The number of fused-ring (bicyclic) bond motifs is 12. The second-order valence-electron chi connectivity index (χ2n) is 25.6. The quantitative estimate of drug-likeness (QED) is 0.130. The zero-order valence-corrected chi connectivity index (χ0v) is 58.0. The van der Waals surface area contributed by atoms with Gasteiger partial charge in [-0.2, -0.15) is 0 Å². The summed E-state index contributed by atoms with van der Waals surface area (Å²) in [6.45, 7) is 0. The molecular formula is C93H62BClN4O4S2. The van der Waals surface area contributed by atoms with Crippen molar-refractivity contribution in [2.45, 2.75) is 7.43 Å². The van der Waals surface area contributed by atoms with Gasteiger partial charge >= 0.3 is 7.12 Å². The van der Waals surface area contributed by atoms with E-state index in [1.54, 1.807) is 12.7 Å². The molecule has 105 heavy (non-hydrogen) atoms. The molecule has 6 heterocycles. The Morgan fingerprint density at radius 3 is 1.09 bits per heavy atom. The first kappa shape index (κ1) is 65.8. The van der Waals surface area contributed by atoms with E-state index in [2.05, 4.69) is 247 Å². The Balaban J connectivity index is 0.000000127. The number of hydrogen-bond donors (Lipinski definition) is 2. The van der Waals surface area contributed by atoms with Gasteiger partial charge in [-0.1, -0.05) is 268 Å². The molecule has 0 amide bonds. The maximum atomic E-state index is 9.52. The van der Waals surface area contributed by atoms with Gasteiger partial charge in [0.2, 0.25) is 0 Å². The molecule has 0 bridgehead atoms. The van der Waals surface area contributed by atoms with Crippen LogP contribution in [0, 0.1) is 0 Å². The number of halogens is 1. The number of nitrogens with zero attached hydrogens (tertiary/aromatic N) is 4. The van der Waals surface area contributed by atoms with Crippen LogP contribution in [0.4, 0.5) is 0 Å². The molecule has 500 valence electrons. The molecule has 0 aliphatic heterocycles. The Labute approximate surface area is 618 Å². The van der Waals surface area contributed by atoms with E-state index >= 15 is 0 Å². The topological polar surface area (TPSA) is 118 Å². The molecule has 0 saturated heterocycles. The predicted molar refractivity (Wildman–Crippen MR) is 441 cm³/mol. The van der Waals surface area contributed by atoms with E-state index in [0.29, 0.717) is 21.7 Å². The van der Waals surface area contributed by atoms with Gasteiger partial charge < -0.3 is 18.9 Å². The van der Waals surface area contributed by atoms with Crippen molar-refractivity contribution in [3.63, 3.8) is 0 Å². The SMILES string of the molecule is C.Clc1ccc2oc3c(-c4cccc(-c5cccc6c5sc5ccccc56)c4)ncnc3c2c1.OB(O)c1cc(-c2ccccc2)cc(-c2ccccc2)c1.c1ccc(-c2cc(-c3ccccc3)cc(-c3ccc4oc5c(-c6cccc(-c7cccc8c7sc7ccccc78)c6)ncnc5c4c3)c2)cc1. The van der Waals surface area contributed by atoms with Gasteiger partial charge in [0.25, 0.3) is 0 Å². The number of aromatic nitrogens is 4. The molecule has 0 radical (unpaired) electrons. The summed E-state index contributed by atoms with van der Waals surface area (Å²) in [6.07, 6.45) is 3.25. The average Bonchev–Trinajstić information content (AvgIpc) is 1.64. The first-order chi connectivity index (χ1) is 51.3. The Bertz CT molecular complexity index is 6500. The lowest BCUT2D eigenvalue weighted by Gasteiger charge is -2.11. The Hall–Kier alpha value is -12.4. The molecule has 0 spiro atoms. The summed E-state index contributed by atoms with van der Waals surface area (Å²) in [5.41, 5.74) is 24.3. The molecule has 0 unspecified atom stereocenters. The zero-order valence-electron chi connectivity index (χ0n) is 55.6. The molecule has 12 heteroatoms. The van der Waals surface area contributed by atoms with Crippen LogP contribution in [-0.2, 0) is 0 Å². The average molecular weight is 1410 g/mol. The van der Waals surface area contributed by atoms with Crippen molar-refractivity contribution in [2.24, 2.45) is 0 Å². The molecule has 20 rings (SSSR count). The largest absolute Gasteiger partial charge is 0.488 e. The second kappa shape index (κ2) is 28.4. The molecule has 2 N–H and O–H groups in total. The lowest BCUT2D eigenvalue weighted by Crippen LogP contribution is -2.29. The van der Waals surface area contributed by atoms with Crippen LogP contribution in [0.3, 0.4) is 0 Å². The van der Waals surface area contributed by atoms with E-state index in [1.165, 1.54) is 73.7 Å². The van der Waals surface area contributed by atoms with Gasteiger partial charge in [0.05, 0.1) is 0 Å². The van der Waals surface area contributed by atoms with Crippen molar-refractivity contribution in [3.8, 4) is 100 Å². The van der Waals surface area contributed by atoms with E-state index in [-0.39, 0.29) is 7.43 Å². The van der Waals surface area contributed by atoms with E-state index < -0.39 is 7.12 Å². The minimum Gasteiger partial charge on any atom is -0.452 e. The first-order valence-corrected chi connectivity index (χ1v) is 36.2. The van der Waals surface area contributed by atoms with Gasteiger partial charge in [-0.3, -0.25) is 0 Å². The number of rotatable bonds is 10. The minimum atomic E-state index is -1.48. The summed E-state index contributed by atoms with van der Waals surface area (Å²) in [5.74, 6) is 0. The van der Waals surface area contributed by atoms with Crippen molar-refractivity contribution >= 4 is 131 Å². The lowest BCUT2D eigenvalue weighted by molar-refractivity contribution is 0.426. The first-order valence-electron chi connectivity index (χ1n) is 34.2. The number of furan rings is 2. The van der Waals surface area contributed by atoms with E-state index in [0.717, 1.165) is 100.0 Å². The summed E-state index contributed by atoms with van der Waals surface area (Å²) < 4.78 is 17.9. The Morgan fingerprint density at radius 1 is 0.286 bits per heavy atom. The highest BCUT2D eigenvalue weighted by molar-refractivity contribution is 7.26. The third-order valence-corrected chi connectivity index (χ3v) is 21.8. The summed E-state index contributed by atoms with van der Waals surface area (Å²) in [6, 6.07) is 113. The van der Waals surface area contributed by atoms with Gasteiger partial charge in [0.1, 0.15) is 46.2 Å². The van der Waals surface area contributed by atoms with Crippen LogP contribution in [0.25, 0.3) is 185 Å². The van der Waals surface area contributed by atoms with Crippen LogP contribution in [0.15, 0.2) is 349 Å². The van der Waals surface area contributed by atoms with Gasteiger partial charge in [-0.25, -0.2) is 19.9 Å². The third kappa shape index (κ3) is 12.8. The molecule has 0 aliphatic rings. The van der Waals surface area contributed by atoms with Crippen molar-refractivity contribution in [3.05, 3.63) is 345 Å². The van der Waals surface area contributed by atoms with E-state index in [1.807, 2.05) is 114 Å². The molecule has 0 saturated carbocycles. The van der Waals surface area contributed by atoms with E-state index in [9.17, 15) is 10.0 Å². The highest BCUT2D eigenvalue weighted by Gasteiger charge is 2.21. The molecule has 14 aromatic carbocycles. The van der Waals surface area contributed by atoms with Gasteiger partial charge in [-0.15, -0.1) is 22.7 Å². The molecule has 0 aliphatic carbocycles. The maximum absolute atomic E-state index is 9.52. The highest BCUT2D eigenvalue weighted by atomic mass is 35.5. The second-order valence-corrected chi connectivity index (χ2v) is 28.1. The van der Waals surface area contributed by atoms with Gasteiger partial charge in [0.15, 0.2) is 11.2 Å². The molecule has 8 nitrogen and oxygen atoms in total. The standard InChI is InChI=1S/C46H28N2OS.C28H15ClN2OS.C18H15BO2.CH4/c1-3-11-29(12-4-1)34-24-35(30-13-5-2-6-14-30)26-36(25-34)31-21-22-41-40(27-31)44-45(49-41)43(47-28-48-44)33-16-9-15-32(23-33)37-18-10-19-39-38-17-7-8-20-42(38)50-46(37)39;29-18-11-12-23-22(14-18)26-27(32-23)25(30-15-31-26)17-6-3-5-16(13-17)19-8-4-9-21-20-7-1-2-10-24(20)33-28(19)21;20-19(21)18-12-16(14-7-3-1-4-8-14)11-17(13-18)15-9-5-2-6-10-15;/h1-28H;1-15H;1-13,20-21H;1H4. The molecular weight excluding hydrogens is 1350 g/mol. The fourth-order valence-corrected chi connectivity index (χ4v) is 16.8. The van der Waals surface area contributed by atoms with Crippen LogP contribution < -0.4 is 5.46 Å². The van der Waals surface area contributed by atoms with Gasteiger partial charge in [-0.05, 0) is 162 Å². The Kier molecular flexibility index (Phi) is 17.8. The van der Waals surface area contributed by atoms with Crippen molar-refractivity contribution < 1.29 is 18.9 Å². The number of benzene rings is 14. The highest BCUT2D eigenvalue weighted by Crippen LogP contribution is 2.45. The molecule has 20 aromatic rings. The molecule has 6 aromatic heterocycles. The third-order valence-electron chi connectivity index (χ3n) is 19.1. The minimum absolute atomic E-state index is 0. The van der Waals surface area contributed by atoms with Gasteiger partial charge in [0, 0.05) is 67.3 Å². The number of hydrogen-bond acceptors (Lipinski definition) is 10. The molecule has 0 fully saturated rings.